The van der Waals surface area contributed by atoms with E-state index in [1.165, 1.54) is 0 Å². The van der Waals surface area contributed by atoms with Crippen LogP contribution in [0.5, 0.6) is 0 Å². The third-order valence-electron chi connectivity index (χ3n) is 2.77. The van der Waals surface area contributed by atoms with Gasteiger partial charge in [-0.05, 0) is 25.0 Å². The average Bonchev–Trinajstić information content (AvgIpc) is 2.81. The maximum Gasteiger partial charge on any atom is 0.171 e. The Bertz CT molecular complexity index is 606. The van der Waals surface area contributed by atoms with Crippen LogP contribution < -0.4 is 5.73 Å². The van der Waals surface area contributed by atoms with E-state index in [0.29, 0.717) is 17.1 Å². The van der Waals surface area contributed by atoms with Gasteiger partial charge in [0.25, 0.3) is 0 Å². The van der Waals surface area contributed by atoms with Crippen LogP contribution in [0.15, 0.2) is 18.3 Å². The minimum atomic E-state index is 0.440. The van der Waals surface area contributed by atoms with Crippen LogP contribution >= 0.6 is 0 Å². The van der Waals surface area contributed by atoms with Gasteiger partial charge in [0, 0.05) is 5.69 Å². The smallest absolute Gasteiger partial charge is 0.171 e. The lowest BCUT2D eigenvalue weighted by Crippen LogP contribution is -2.07. The molecule has 5 nitrogen and oxygen atoms in total. The van der Waals surface area contributed by atoms with Crippen molar-refractivity contribution in [2.45, 2.75) is 26.7 Å². The molecule has 0 aromatic carbocycles. The fourth-order valence-electron chi connectivity index (χ4n) is 1.81. The van der Waals surface area contributed by atoms with Crippen LogP contribution in [0.2, 0.25) is 0 Å². The molecule has 0 unspecified atom stereocenters. The molecule has 0 aliphatic heterocycles. The van der Waals surface area contributed by atoms with Crippen molar-refractivity contribution in [2.75, 3.05) is 5.73 Å². The van der Waals surface area contributed by atoms with Crippen molar-refractivity contribution in [1.82, 2.24) is 14.8 Å². The summed E-state index contributed by atoms with van der Waals surface area (Å²) in [6, 6.07) is 5.77. The van der Waals surface area contributed by atoms with Crippen molar-refractivity contribution in [3.8, 4) is 11.9 Å². The number of nitrogens with two attached hydrogens (primary N) is 1. The molecule has 0 fully saturated rings. The van der Waals surface area contributed by atoms with Gasteiger partial charge in [0.1, 0.15) is 6.07 Å². The van der Waals surface area contributed by atoms with Crippen LogP contribution in [0.25, 0.3) is 5.82 Å². The van der Waals surface area contributed by atoms with Crippen molar-refractivity contribution in [3.63, 3.8) is 0 Å². The third-order valence-corrected chi connectivity index (χ3v) is 2.77. The van der Waals surface area contributed by atoms with E-state index < -0.39 is 0 Å². The summed E-state index contributed by atoms with van der Waals surface area (Å²) in [5, 5.41) is 13.6. The van der Waals surface area contributed by atoms with Gasteiger partial charge >= 0.3 is 0 Å². The number of rotatable bonds is 3. The summed E-state index contributed by atoms with van der Waals surface area (Å²) in [6.07, 6.45) is 3.24. The van der Waals surface area contributed by atoms with Crippen LogP contribution in [0.1, 0.15) is 30.8 Å². The molecule has 0 saturated carbocycles. The second-order valence-corrected chi connectivity index (χ2v) is 4.00. The molecule has 0 bridgehead atoms. The highest BCUT2D eigenvalue weighted by Crippen LogP contribution is 2.17. The molecule has 0 radical (unpaired) electrons. The van der Waals surface area contributed by atoms with Crippen LogP contribution in [-0.4, -0.2) is 14.8 Å². The van der Waals surface area contributed by atoms with Crippen LogP contribution in [-0.2, 0) is 12.8 Å². The molecule has 18 heavy (non-hydrogen) atoms. The van der Waals surface area contributed by atoms with E-state index in [-0.39, 0.29) is 0 Å². The number of nitriles is 1. The fraction of sp³-hybridized carbons (Fsp3) is 0.308. The molecule has 0 aliphatic carbocycles. The molecule has 0 saturated heterocycles. The molecule has 2 aromatic rings. The Morgan fingerprint density at radius 3 is 2.72 bits per heavy atom. The van der Waals surface area contributed by atoms with Crippen LogP contribution in [0.3, 0.4) is 0 Å². The van der Waals surface area contributed by atoms with Crippen molar-refractivity contribution in [3.05, 3.63) is 35.3 Å². The van der Waals surface area contributed by atoms with Crippen LogP contribution in [0, 0.1) is 11.3 Å². The number of pyridine rings is 1. The second-order valence-electron chi connectivity index (χ2n) is 4.00. The zero-order valence-electron chi connectivity index (χ0n) is 10.5. The highest BCUT2D eigenvalue weighted by molar-refractivity contribution is 5.51. The predicted octanol–water partition coefficient (Wildman–Crippen LogP) is 1.85. The Balaban J connectivity index is 2.61. The summed E-state index contributed by atoms with van der Waals surface area (Å²) in [4.78, 5) is 4.23. The first-order chi connectivity index (χ1) is 8.69. The minimum Gasteiger partial charge on any atom is -0.397 e. The van der Waals surface area contributed by atoms with E-state index >= 15 is 0 Å². The van der Waals surface area contributed by atoms with Gasteiger partial charge in [0.05, 0.1) is 23.1 Å². The van der Waals surface area contributed by atoms with E-state index in [0.717, 1.165) is 24.2 Å². The third kappa shape index (κ3) is 2.05. The summed E-state index contributed by atoms with van der Waals surface area (Å²) in [5.41, 5.74) is 8.60. The summed E-state index contributed by atoms with van der Waals surface area (Å²) in [5.74, 6) is 0.545. The largest absolute Gasteiger partial charge is 0.397 e. The van der Waals surface area contributed by atoms with Gasteiger partial charge in [0.2, 0.25) is 0 Å². The number of nitrogens with zero attached hydrogens (tertiary/aromatic N) is 4. The molecule has 0 spiro atoms. The fourth-order valence-corrected chi connectivity index (χ4v) is 1.81. The summed E-state index contributed by atoms with van der Waals surface area (Å²) >= 11 is 0. The van der Waals surface area contributed by atoms with E-state index in [4.69, 9.17) is 11.0 Å². The Morgan fingerprint density at radius 2 is 2.11 bits per heavy atom. The lowest BCUT2D eigenvalue weighted by molar-refractivity contribution is 0.770. The topological polar surface area (TPSA) is 80.5 Å². The molecule has 5 heteroatoms. The van der Waals surface area contributed by atoms with Gasteiger partial charge in [-0.25, -0.2) is 9.67 Å². The Hall–Kier alpha value is -2.35. The van der Waals surface area contributed by atoms with Gasteiger partial charge in [-0.3, -0.25) is 0 Å². The zero-order chi connectivity index (χ0) is 13.1. The number of anilines is 1. The highest BCUT2D eigenvalue weighted by Gasteiger charge is 2.12. The average molecular weight is 241 g/mol. The van der Waals surface area contributed by atoms with Gasteiger partial charge in [-0.2, -0.15) is 10.4 Å². The Morgan fingerprint density at radius 1 is 1.33 bits per heavy atom. The maximum atomic E-state index is 9.15. The number of aryl methyl sites for hydroxylation is 2. The molecule has 0 aliphatic rings. The lowest BCUT2D eigenvalue weighted by Gasteiger charge is -2.07. The molecule has 2 N–H and O–H groups in total. The van der Waals surface area contributed by atoms with Crippen LogP contribution in [0.4, 0.5) is 5.69 Å². The van der Waals surface area contributed by atoms with E-state index in [1.807, 2.05) is 13.0 Å². The van der Waals surface area contributed by atoms with Gasteiger partial charge in [0.15, 0.2) is 5.82 Å². The van der Waals surface area contributed by atoms with E-state index in [9.17, 15) is 0 Å². The molecule has 2 heterocycles. The number of hydrogen-bond acceptors (Lipinski definition) is 4. The van der Waals surface area contributed by atoms with E-state index in [1.54, 1.807) is 16.9 Å². The predicted molar refractivity (Wildman–Crippen MR) is 69.2 cm³/mol. The first-order valence-electron chi connectivity index (χ1n) is 5.93. The first kappa shape index (κ1) is 12.1. The molecule has 0 amide bonds. The molecule has 92 valence electrons. The molecule has 2 rings (SSSR count). The Kier molecular flexibility index (Phi) is 3.28. The normalized spacial score (nSPS) is 10.3. The number of aromatic nitrogens is 3. The van der Waals surface area contributed by atoms with Crippen molar-refractivity contribution < 1.29 is 0 Å². The molecule has 2 aromatic heterocycles. The first-order valence-corrected chi connectivity index (χ1v) is 5.93. The quantitative estimate of drug-likeness (QED) is 0.889. The summed E-state index contributed by atoms with van der Waals surface area (Å²) in [7, 11) is 0. The maximum absolute atomic E-state index is 9.15. The van der Waals surface area contributed by atoms with Crippen molar-refractivity contribution >= 4 is 5.69 Å². The van der Waals surface area contributed by atoms with Gasteiger partial charge in [-0.1, -0.05) is 13.8 Å². The summed E-state index contributed by atoms with van der Waals surface area (Å²) in [6.45, 7) is 4.10. The van der Waals surface area contributed by atoms with Gasteiger partial charge < -0.3 is 5.73 Å². The number of nitrogen functional groups attached to an aromatic ring is 1. The van der Waals surface area contributed by atoms with Crippen molar-refractivity contribution in [1.29, 1.82) is 5.26 Å². The Labute approximate surface area is 106 Å². The second kappa shape index (κ2) is 4.88. The SMILES string of the molecule is CCc1cc(CC)n(-c2ncc(N)cc2C#N)n1. The standard InChI is InChI=1S/C13H15N5/c1-3-11-6-12(4-2)18(17-11)13-9(7-14)5-10(15)8-16-13/h5-6,8H,3-4,15H2,1-2H3. The minimum absolute atomic E-state index is 0.440. The van der Waals surface area contributed by atoms with Crippen molar-refractivity contribution in [2.24, 2.45) is 0 Å². The molecular formula is C13H15N5. The van der Waals surface area contributed by atoms with E-state index in [2.05, 4.69) is 23.1 Å². The van der Waals surface area contributed by atoms with Gasteiger partial charge in [-0.15, -0.1) is 0 Å². The summed E-state index contributed by atoms with van der Waals surface area (Å²) < 4.78 is 1.73. The molecule has 0 atom stereocenters. The monoisotopic (exact) mass is 241 g/mol. The number of hydrogen-bond donors (Lipinski definition) is 1. The zero-order valence-corrected chi connectivity index (χ0v) is 10.5. The lowest BCUT2D eigenvalue weighted by atomic mass is 10.2. The highest BCUT2D eigenvalue weighted by atomic mass is 15.3. The molecular weight excluding hydrogens is 226 g/mol.